The molecule has 0 bridgehead atoms. The molecule has 0 atom stereocenters. The van der Waals surface area contributed by atoms with Crippen LogP contribution in [0.1, 0.15) is 32.2 Å². The van der Waals surface area contributed by atoms with Gasteiger partial charge in [0.05, 0.1) is 10.6 Å². The van der Waals surface area contributed by atoms with E-state index in [1.54, 1.807) is 16.2 Å². The van der Waals surface area contributed by atoms with E-state index < -0.39 is 0 Å². The second-order valence-corrected chi connectivity index (χ2v) is 6.91. The Kier molecular flexibility index (Phi) is 5.22. The second-order valence-electron chi connectivity index (χ2n) is 5.99. The molecule has 0 unspecified atom stereocenters. The minimum Gasteiger partial charge on any atom is -0.323 e. The Labute approximate surface area is 157 Å². The smallest absolute Gasteiger partial charge is 0.323 e. The molecule has 3 rings (SSSR count). The zero-order valence-corrected chi connectivity index (χ0v) is 16.7. The number of aryl methyl sites for hydroxylation is 2. The Morgan fingerprint density at radius 1 is 1.19 bits per heavy atom. The molecule has 3 aromatic heterocycles. The maximum absolute atomic E-state index is 12.5. The fraction of sp³-hybridized carbons (Fsp3) is 0.444. The van der Waals surface area contributed by atoms with Gasteiger partial charge in [-0.15, -0.1) is 16.4 Å². The maximum atomic E-state index is 12.5. The Bertz CT molecular complexity index is 918. The summed E-state index contributed by atoms with van der Waals surface area (Å²) < 4.78 is 3.32. The van der Waals surface area contributed by atoms with Gasteiger partial charge in [-0.25, -0.2) is 9.78 Å². The molecule has 0 aromatic carbocycles. The highest BCUT2D eigenvalue weighted by Crippen LogP contribution is 2.38. The molecule has 0 spiro atoms. The first-order chi connectivity index (χ1) is 12.5. The lowest BCUT2D eigenvalue weighted by molar-refractivity contribution is 0.201. The van der Waals surface area contributed by atoms with E-state index in [-0.39, 0.29) is 6.03 Å². The van der Waals surface area contributed by atoms with Gasteiger partial charge >= 0.3 is 6.03 Å². The van der Waals surface area contributed by atoms with E-state index in [0.717, 1.165) is 33.9 Å². The molecule has 0 aliphatic heterocycles. The second kappa shape index (κ2) is 7.41. The fourth-order valence-electron chi connectivity index (χ4n) is 3.17. The number of aromatic nitrogens is 5. The fourth-order valence-corrected chi connectivity index (χ4v) is 4.01. The lowest BCUT2D eigenvalue weighted by atomic mass is 10.0. The lowest BCUT2D eigenvalue weighted by Gasteiger charge is -2.17. The van der Waals surface area contributed by atoms with Crippen molar-refractivity contribution in [2.75, 3.05) is 13.1 Å². The summed E-state index contributed by atoms with van der Waals surface area (Å²) in [6.07, 6.45) is 1.49. The minimum absolute atomic E-state index is 0.155. The van der Waals surface area contributed by atoms with E-state index in [9.17, 15) is 4.79 Å². The summed E-state index contributed by atoms with van der Waals surface area (Å²) in [6.45, 7) is 12.2. The van der Waals surface area contributed by atoms with Crippen molar-refractivity contribution < 1.29 is 4.79 Å². The largest absolute Gasteiger partial charge is 0.346 e. The molecule has 0 saturated carbocycles. The van der Waals surface area contributed by atoms with E-state index in [0.29, 0.717) is 18.9 Å². The highest BCUT2D eigenvalue weighted by Gasteiger charge is 2.21. The standard InChI is InChI=1S/C18H24N6OS/c1-6-22(7-2)18(25)24-11-19-17(21-24)16-14(9-10-26-16)15-12(4)20-23(8-3)13(15)5/h9-11H,6-8H2,1-5H3. The summed E-state index contributed by atoms with van der Waals surface area (Å²) in [6, 6.07) is 1.92. The van der Waals surface area contributed by atoms with Crippen molar-refractivity contribution >= 4 is 17.4 Å². The predicted octanol–water partition coefficient (Wildman–Crippen LogP) is 3.82. The number of thiophene rings is 1. The third kappa shape index (κ3) is 3.05. The van der Waals surface area contributed by atoms with Gasteiger partial charge in [-0.1, -0.05) is 0 Å². The third-order valence-corrected chi connectivity index (χ3v) is 5.45. The van der Waals surface area contributed by atoms with Crippen LogP contribution in [-0.4, -0.2) is 48.6 Å². The van der Waals surface area contributed by atoms with Gasteiger partial charge in [-0.05, 0) is 46.1 Å². The van der Waals surface area contributed by atoms with Crippen molar-refractivity contribution in [1.82, 2.24) is 29.4 Å². The van der Waals surface area contributed by atoms with Crippen LogP contribution in [0.4, 0.5) is 4.79 Å². The number of amides is 1. The van der Waals surface area contributed by atoms with Gasteiger partial charge in [0.2, 0.25) is 0 Å². The van der Waals surface area contributed by atoms with E-state index in [1.807, 2.05) is 30.8 Å². The zero-order chi connectivity index (χ0) is 18.8. The first kappa shape index (κ1) is 18.3. The van der Waals surface area contributed by atoms with Gasteiger partial charge in [-0.2, -0.15) is 9.78 Å². The van der Waals surface area contributed by atoms with Crippen molar-refractivity contribution in [2.45, 2.75) is 41.2 Å². The summed E-state index contributed by atoms with van der Waals surface area (Å²) in [5.41, 5.74) is 4.30. The lowest BCUT2D eigenvalue weighted by Crippen LogP contribution is -2.34. The summed E-state index contributed by atoms with van der Waals surface area (Å²) in [4.78, 5) is 19.5. The van der Waals surface area contributed by atoms with Gasteiger partial charge < -0.3 is 4.90 Å². The first-order valence-electron chi connectivity index (χ1n) is 8.84. The van der Waals surface area contributed by atoms with Gasteiger partial charge in [0, 0.05) is 36.5 Å². The summed E-state index contributed by atoms with van der Waals surface area (Å²) in [7, 11) is 0. The zero-order valence-electron chi connectivity index (χ0n) is 15.9. The molecule has 26 heavy (non-hydrogen) atoms. The van der Waals surface area contributed by atoms with Crippen LogP contribution >= 0.6 is 11.3 Å². The Hall–Kier alpha value is -2.48. The van der Waals surface area contributed by atoms with E-state index >= 15 is 0 Å². The van der Waals surface area contributed by atoms with Crippen molar-refractivity contribution in [3.63, 3.8) is 0 Å². The molecular weight excluding hydrogens is 348 g/mol. The van der Waals surface area contributed by atoms with E-state index in [1.165, 1.54) is 11.0 Å². The Morgan fingerprint density at radius 3 is 2.54 bits per heavy atom. The SMILES string of the molecule is CCN(CC)C(=O)n1cnc(-c2sccc2-c2c(C)nn(CC)c2C)n1. The number of hydrogen-bond donors (Lipinski definition) is 0. The maximum Gasteiger partial charge on any atom is 0.346 e. The minimum atomic E-state index is -0.155. The average Bonchev–Trinajstić information content (AvgIpc) is 3.34. The van der Waals surface area contributed by atoms with Crippen molar-refractivity contribution in [3.05, 3.63) is 29.2 Å². The molecule has 8 heteroatoms. The topological polar surface area (TPSA) is 68.8 Å². The molecule has 0 radical (unpaired) electrons. The quantitative estimate of drug-likeness (QED) is 0.683. The molecule has 3 heterocycles. The van der Waals surface area contributed by atoms with Crippen LogP contribution in [0.3, 0.4) is 0 Å². The van der Waals surface area contributed by atoms with Gasteiger partial charge in [0.15, 0.2) is 5.82 Å². The van der Waals surface area contributed by atoms with Gasteiger partial charge in [-0.3, -0.25) is 4.68 Å². The number of nitrogens with zero attached hydrogens (tertiary/aromatic N) is 6. The average molecular weight is 372 g/mol. The summed E-state index contributed by atoms with van der Waals surface area (Å²) in [5, 5.41) is 11.1. The van der Waals surface area contributed by atoms with Crippen molar-refractivity contribution in [1.29, 1.82) is 0 Å². The molecular formula is C18H24N6OS. The monoisotopic (exact) mass is 372 g/mol. The number of rotatable bonds is 5. The number of hydrogen-bond acceptors (Lipinski definition) is 5. The first-order valence-corrected chi connectivity index (χ1v) is 9.72. The third-order valence-electron chi connectivity index (χ3n) is 4.54. The van der Waals surface area contributed by atoms with Gasteiger partial charge in [0.25, 0.3) is 0 Å². The van der Waals surface area contributed by atoms with E-state index in [2.05, 4.69) is 35.1 Å². The molecule has 3 aromatic rings. The van der Waals surface area contributed by atoms with Crippen molar-refractivity contribution in [2.24, 2.45) is 0 Å². The van der Waals surface area contributed by atoms with Crippen LogP contribution in [0.15, 0.2) is 17.8 Å². The molecule has 1 amide bonds. The predicted molar refractivity (Wildman–Crippen MR) is 103 cm³/mol. The van der Waals surface area contributed by atoms with E-state index in [4.69, 9.17) is 0 Å². The molecule has 0 fully saturated rings. The Morgan fingerprint density at radius 2 is 1.92 bits per heavy atom. The van der Waals surface area contributed by atoms with Crippen LogP contribution < -0.4 is 0 Å². The number of carbonyl (C=O) groups is 1. The Balaban J connectivity index is 2.00. The van der Waals surface area contributed by atoms with Gasteiger partial charge in [0.1, 0.15) is 6.33 Å². The van der Waals surface area contributed by atoms with Crippen LogP contribution in [-0.2, 0) is 6.54 Å². The molecule has 0 saturated heterocycles. The number of carbonyl (C=O) groups excluding carboxylic acids is 1. The molecule has 0 aliphatic rings. The summed E-state index contributed by atoms with van der Waals surface area (Å²) in [5.74, 6) is 0.568. The molecule has 0 N–H and O–H groups in total. The molecule has 0 aliphatic carbocycles. The highest BCUT2D eigenvalue weighted by atomic mass is 32.1. The summed E-state index contributed by atoms with van der Waals surface area (Å²) >= 11 is 1.58. The highest BCUT2D eigenvalue weighted by molar-refractivity contribution is 7.14. The molecule has 138 valence electrons. The normalized spacial score (nSPS) is 11.1. The van der Waals surface area contributed by atoms with Crippen molar-refractivity contribution in [3.8, 4) is 21.8 Å². The van der Waals surface area contributed by atoms with Crippen LogP contribution in [0.2, 0.25) is 0 Å². The van der Waals surface area contributed by atoms with Crippen LogP contribution in [0.25, 0.3) is 21.8 Å². The van der Waals surface area contributed by atoms with Crippen LogP contribution in [0.5, 0.6) is 0 Å². The molecule has 7 nitrogen and oxygen atoms in total. The van der Waals surface area contributed by atoms with Crippen LogP contribution in [0, 0.1) is 13.8 Å².